The lowest BCUT2D eigenvalue weighted by molar-refractivity contribution is 1.29. The SMILES string of the molecule is C=CCc1cccc(=O)cc1. The van der Waals surface area contributed by atoms with Crippen LogP contribution in [-0.2, 0) is 6.42 Å². The predicted octanol–water partition coefficient (Wildman–Crippen LogP) is 1.78. The highest BCUT2D eigenvalue weighted by Crippen LogP contribution is 1.95. The standard InChI is InChI=1S/C10H10O/c1-2-4-9-5-3-6-10(11)8-7-9/h2-3,5-8H,1,4H2. The first-order valence-corrected chi connectivity index (χ1v) is 3.53. The third-order valence-corrected chi connectivity index (χ3v) is 1.41. The summed E-state index contributed by atoms with van der Waals surface area (Å²) in [6.45, 7) is 3.62. The van der Waals surface area contributed by atoms with E-state index in [0.29, 0.717) is 0 Å². The maximum Gasteiger partial charge on any atom is 0.178 e. The molecular weight excluding hydrogens is 136 g/mol. The van der Waals surface area contributed by atoms with Gasteiger partial charge < -0.3 is 0 Å². The van der Waals surface area contributed by atoms with Gasteiger partial charge in [0.05, 0.1) is 0 Å². The van der Waals surface area contributed by atoms with Crippen LogP contribution in [0.1, 0.15) is 5.56 Å². The monoisotopic (exact) mass is 146 g/mol. The molecule has 0 fully saturated rings. The Morgan fingerprint density at radius 2 is 2.09 bits per heavy atom. The Bertz CT molecular complexity index is 302. The van der Waals surface area contributed by atoms with Gasteiger partial charge >= 0.3 is 0 Å². The highest BCUT2D eigenvalue weighted by Gasteiger charge is 1.84. The van der Waals surface area contributed by atoms with Crippen LogP contribution in [0, 0.1) is 0 Å². The highest BCUT2D eigenvalue weighted by molar-refractivity contribution is 5.15. The van der Waals surface area contributed by atoms with Crippen molar-refractivity contribution in [2.24, 2.45) is 0 Å². The van der Waals surface area contributed by atoms with Gasteiger partial charge in [-0.25, -0.2) is 0 Å². The Morgan fingerprint density at radius 1 is 1.27 bits per heavy atom. The zero-order valence-corrected chi connectivity index (χ0v) is 6.29. The van der Waals surface area contributed by atoms with Gasteiger partial charge in [0.2, 0.25) is 0 Å². The second-order valence-electron chi connectivity index (χ2n) is 2.33. The van der Waals surface area contributed by atoms with Gasteiger partial charge in [-0.3, -0.25) is 4.79 Å². The van der Waals surface area contributed by atoms with E-state index in [1.165, 1.54) is 0 Å². The summed E-state index contributed by atoms with van der Waals surface area (Å²) in [6, 6.07) is 8.62. The Balaban J connectivity index is 3.04. The summed E-state index contributed by atoms with van der Waals surface area (Å²) < 4.78 is 0. The molecule has 0 heterocycles. The molecule has 1 aromatic rings. The predicted molar refractivity (Wildman–Crippen MR) is 46.6 cm³/mol. The molecule has 1 heteroatoms. The Labute approximate surface area is 66.0 Å². The van der Waals surface area contributed by atoms with Crippen molar-refractivity contribution in [1.29, 1.82) is 0 Å². The van der Waals surface area contributed by atoms with Crippen LogP contribution in [0.3, 0.4) is 0 Å². The Kier molecular flexibility index (Phi) is 2.61. The summed E-state index contributed by atoms with van der Waals surface area (Å²) in [4.78, 5) is 10.8. The first-order valence-electron chi connectivity index (χ1n) is 3.53. The maximum absolute atomic E-state index is 10.8. The lowest BCUT2D eigenvalue weighted by Crippen LogP contribution is -1.87. The quantitative estimate of drug-likeness (QED) is 0.581. The van der Waals surface area contributed by atoms with Crippen LogP contribution < -0.4 is 5.43 Å². The molecule has 0 unspecified atom stereocenters. The summed E-state index contributed by atoms with van der Waals surface area (Å²) in [5, 5.41) is 0. The van der Waals surface area contributed by atoms with Crippen LogP contribution >= 0.6 is 0 Å². The number of allylic oxidation sites excluding steroid dienone is 1. The number of hydrogen-bond acceptors (Lipinski definition) is 1. The van der Waals surface area contributed by atoms with Crippen molar-refractivity contribution in [3.05, 3.63) is 58.8 Å². The van der Waals surface area contributed by atoms with Crippen molar-refractivity contribution in [3.63, 3.8) is 0 Å². The van der Waals surface area contributed by atoms with Gasteiger partial charge in [0.1, 0.15) is 0 Å². The molecule has 11 heavy (non-hydrogen) atoms. The van der Waals surface area contributed by atoms with E-state index in [1.54, 1.807) is 18.2 Å². The van der Waals surface area contributed by atoms with Crippen molar-refractivity contribution >= 4 is 0 Å². The van der Waals surface area contributed by atoms with Gasteiger partial charge in [0, 0.05) is 0 Å². The van der Waals surface area contributed by atoms with Gasteiger partial charge in [0.15, 0.2) is 5.43 Å². The molecule has 1 nitrogen and oxygen atoms in total. The molecule has 0 amide bonds. The van der Waals surface area contributed by atoms with E-state index in [9.17, 15) is 4.79 Å². The van der Waals surface area contributed by atoms with Crippen LogP contribution in [0.5, 0.6) is 0 Å². The van der Waals surface area contributed by atoms with E-state index in [4.69, 9.17) is 0 Å². The van der Waals surface area contributed by atoms with Gasteiger partial charge in [-0.15, -0.1) is 6.58 Å². The first kappa shape index (κ1) is 7.73. The van der Waals surface area contributed by atoms with Crippen LogP contribution in [-0.4, -0.2) is 0 Å². The minimum Gasteiger partial charge on any atom is -0.290 e. The topological polar surface area (TPSA) is 17.1 Å². The molecule has 0 radical (unpaired) electrons. The molecule has 0 aliphatic heterocycles. The fourth-order valence-electron chi connectivity index (χ4n) is 0.870. The molecule has 1 rings (SSSR count). The minimum absolute atomic E-state index is 0.0420. The van der Waals surface area contributed by atoms with Crippen molar-refractivity contribution in [3.8, 4) is 0 Å². The van der Waals surface area contributed by atoms with Crippen LogP contribution in [0.25, 0.3) is 0 Å². The van der Waals surface area contributed by atoms with Gasteiger partial charge in [-0.1, -0.05) is 24.3 Å². The van der Waals surface area contributed by atoms with Crippen molar-refractivity contribution < 1.29 is 0 Å². The molecule has 0 aromatic heterocycles. The molecule has 0 spiro atoms. The van der Waals surface area contributed by atoms with E-state index in [-0.39, 0.29) is 5.43 Å². The zero-order chi connectivity index (χ0) is 8.10. The maximum atomic E-state index is 10.8. The number of hydrogen-bond donors (Lipinski definition) is 0. The summed E-state index contributed by atoms with van der Waals surface area (Å²) in [7, 11) is 0. The lowest BCUT2D eigenvalue weighted by Gasteiger charge is -1.86. The molecule has 0 bridgehead atoms. The summed E-state index contributed by atoms with van der Waals surface area (Å²) in [6.07, 6.45) is 2.63. The summed E-state index contributed by atoms with van der Waals surface area (Å²) in [5.74, 6) is 0. The van der Waals surface area contributed by atoms with Crippen molar-refractivity contribution in [1.82, 2.24) is 0 Å². The Hall–Kier alpha value is -1.37. The molecule has 56 valence electrons. The normalized spacial score (nSPS) is 9.09. The molecule has 0 aliphatic rings. The van der Waals surface area contributed by atoms with Gasteiger partial charge in [0.25, 0.3) is 0 Å². The van der Waals surface area contributed by atoms with Crippen molar-refractivity contribution in [2.75, 3.05) is 0 Å². The zero-order valence-electron chi connectivity index (χ0n) is 6.29. The summed E-state index contributed by atoms with van der Waals surface area (Å²) >= 11 is 0. The molecule has 0 atom stereocenters. The molecule has 1 aromatic carbocycles. The van der Waals surface area contributed by atoms with E-state index < -0.39 is 0 Å². The average Bonchev–Trinajstić information content (AvgIpc) is 2.17. The lowest BCUT2D eigenvalue weighted by atomic mass is 10.2. The number of rotatable bonds is 2. The fraction of sp³-hybridized carbons (Fsp3) is 0.100. The van der Waals surface area contributed by atoms with E-state index in [2.05, 4.69) is 6.58 Å². The fourth-order valence-corrected chi connectivity index (χ4v) is 0.870. The molecular formula is C10H10O. The molecule has 0 saturated carbocycles. The first-order chi connectivity index (χ1) is 5.33. The van der Waals surface area contributed by atoms with Crippen LogP contribution in [0.2, 0.25) is 0 Å². The van der Waals surface area contributed by atoms with Crippen LogP contribution in [0.4, 0.5) is 0 Å². The van der Waals surface area contributed by atoms with E-state index in [1.807, 2.05) is 18.2 Å². The highest BCUT2D eigenvalue weighted by atomic mass is 16.1. The van der Waals surface area contributed by atoms with E-state index >= 15 is 0 Å². The molecule has 0 saturated heterocycles. The summed E-state index contributed by atoms with van der Waals surface area (Å²) in [5.41, 5.74) is 1.16. The van der Waals surface area contributed by atoms with Gasteiger partial charge in [-0.05, 0) is 24.1 Å². The molecule has 0 N–H and O–H groups in total. The third kappa shape index (κ3) is 2.38. The Morgan fingerprint density at radius 3 is 2.82 bits per heavy atom. The van der Waals surface area contributed by atoms with Crippen LogP contribution in [0.15, 0.2) is 47.8 Å². The second kappa shape index (κ2) is 3.71. The average molecular weight is 146 g/mol. The van der Waals surface area contributed by atoms with Gasteiger partial charge in [-0.2, -0.15) is 0 Å². The second-order valence-corrected chi connectivity index (χ2v) is 2.33. The third-order valence-electron chi connectivity index (χ3n) is 1.41. The molecule has 0 aliphatic carbocycles. The van der Waals surface area contributed by atoms with E-state index in [0.717, 1.165) is 12.0 Å². The van der Waals surface area contributed by atoms with Crippen molar-refractivity contribution in [2.45, 2.75) is 6.42 Å². The smallest absolute Gasteiger partial charge is 0.178 e. The largest absolute Gasteiger partial charge is 0.290 e. The minimum atomic E-state index is 0.0420.